The highest BCUT2D eigenvalue weighted by Crippen LogP contribution is 2.40. The molecule has 216 valence electrons. The number of rotatable bonds is 5. The number of ether oxygens (including phenoxy) is 1. The molecule has 0 bridgehead atoms. The van der Waals surface area contributed by atoms with Crippen molar-refractivity contribution in [3.05, 3.63) is 64.0 Å². The highest BCUT2D eigenvalue weighted by molar-refractivity contribution is 5.96. The molecule has 2 aliphatic heterocycles. The first-order valence-electron chi connectivity index (χ1n) is 15.0. The van der Waals surface area contributed by atoms with Gasteiger partial charge in [0.2, 0.25) is 0 Å². The molecule has 4 aromatic rings. The zero-order valence-electron chi connectivity index (χ0n) is 25.9. The Balaban J connectivity index is 1.49. The molecular weight excluding hydrogens is 508 g/mol. The van der Waals surface area contributed by atoms with E-state index < -0.39 is 0 Å². The van der Waals surface area contributed by atoms with E-state index in [2.05, 4.69) is 98.8 Å². The number of fused-ring (bicyclic) bond motifs is 2. The number of nitrogens with one attached hydrogen (secondary N) is 1. The second kappa shape index (κ2) is 10.4. The van der Waals surface area contributed by atoms with Gasteiger partial charge in [-0.25, -0.2) is 9.97 Å². The molecule has 2 aromatic carbocycles. The largest absolute Gasteiger partial charge is 0.381 e. The Bertz CT molecular complexity index is 1600. The predicted molar refractivity (Wildman–Crippen MR) is 168 cm³/mol. The first kappa shape index (κ1) is 27.7. The van der Waals surface area contributed by atoms with Gasteiger partial charge >= 0.3 is 0 Å². The normalized spacial score (nSPS) is 18.8. The van der Waals surface area contributed by atoms with E-state index >= 15 is 0 Å². The van der Waals surface area contributed by atoms with Crippen molar-refractivity contribution in [2.45, 2.75) is 79.9 Å². The molecule has 0 amide bonds. The van der Waals surface area contributed by atoms with Gasteiger partial charge in [0.15, 0.2) is 5.82 Å². The van der Waals surface area contributed by atoms with E-state index in [1.54, 1.807) is 0 Å². The summed E-state index contributed by atoms with van der Waals surface area (Å²) in [6, 6.07) is 11.2. The summed E-state index contributed by atoms with van der Waals surface area (Å²) >= 11 is 0. The summed E-state index contributed by atoms with van der Waals surface area (Å²) in [5, 5.41) is 8.83. The highest BCUT2D eigenvalue weighted by atomic mass is 16.5. The molecule has 4 heterocycles. The zero-order chi connectivity index (χ0) is 29.1. The molecule has 41 heavy (non-hydrogen) atoms. The molecule has 1 fully saturated rings. The number of aromatic nitrogens is 4. The van der Waals surface area contributed by atoms with Gasteiger partial charge in [-0.2, -0.15) is 5.10 Å². The van der Waals surface area contributed by atoms with E-state index in [9.17, 15) is 0 Å². The lowest BCUT2D eigenvalue weighted by molar-refractivity contribution is -0.00647. The molecule has 1 atom stereocenters. The molecule has 1 unspecified atom stereocenters. The monoisotopic (exact) mass is 552 g/mol. The SMILES string of the molecule is COC1CCN(c2nc(-c3c(C)ccc4[nH]nc(C)c34)nc3c2CN(c2cc(C(C)C)ccc2C)CC3)CC1(C)C. The first-order valence-corrected chi connectivity index (χ1v) is 15.0. The number of aryl methyl sites for hydroxylation is 3. The van der Waals surface area contributed by atoms with Crippen LogP contribution in [0.4, 0.5) is 11.5 Å². The molecule has 0 spiro atoms. The standard InChI is InChI=1S/C34H44N6O/c1-20(2)24-11-9-21(3)28(17-24)39-15-13-26-25(18-39)33(40-16-14-29(41-8)34(6,7)19-40)36-32(35-26)30-22(4)10-12-27-31(30)23(5)37-38-27/h9-12,17,20,29H,13-16,18-19H2,1-8H3,(H,37,38). The average molecular weight is 553 g/mol. The first-order chi connectivity index (χ1) is 19.6. The molecule has 7 heteroatoms. The van der Waals surface area contributed by atoms with Crippen LogP contribution in [0.3, 0.4) is 0 Å². The Morgan fingerprint density at radius 1 is 1.00 bits per heavy atom. The van der Waals surface area contributed by atoms with Crippen LogP contribution in [0.5, 0.6) is 0 Å². The van der Waals surface area contributed by atoms with Crippen LogP contribution in [0.25, 0.3) is 22.3 Å². The van der Waals surface area contributed by atoms with E-state index in [0.29, 0.717) is 5.92 Å². The topological polar surface area (TPSA) is 70.2 Å². The molecule has 0 saturated carbocycles. The molecule has 1 N–H and O–H groups in total. The van der Waals surface area contributed by atoms with Gasteiger partial charge in [0.05, 0.1) is 23.0 Å². The number of methoxy groups -OCH3 is 1. The Labute approximate surface area is 244 Å². The van der Waals surface area contributed by atoms with E-state index in [1.165, 1.54) is 33.6 Å². The zero-order valence-corrected chi connectivity index (χ0v) is 25.9. The molecule has 6 rings (SSSR count). The lowest BCUT2D eigenvalue weighted by atomic mass is 9.81. The van der Waals surface area contributed by atoms with Crippen molar-refractivity contribution in [2.24, 2.45) is 5.41 Å². The fourth-order valence-corrected chi connectivity index (χ4v) is 6.92. The van der Waals surface area contributed by atoms with Crippen LogP contribution >= 0.6 is 0 Å². The van der Waals surface area contributed by atoms with E-state index in [-0.39, 0.29) is 11.5 Å². The molecule has 2 aliphatic rings. The Kier molecular flexibility index (Phi) is 7.05. The Morgan fingerprint density at radius 3 is 2.51 bits per heavy atom. The lowest BCUT2D eigenvalue weighted by Crippen LogP contribution is -2.50. The summed E-state index contributed by atoms with van der Waals surface area (Å²) in [7, 11) is 1.84. The summed E-state index contributed by atoms with van der Waals surface area (Å²) in [6.45, 7) is 19.2. The third-order valence-electron chi connectivity index (χ3n) is 9.34. The third-order valence-corrected chi connectivity index (χ3v) is 9.34. The third kappa shape index (κ3) is 4.88. The number of anilines is 2. The van der Waals surface area contributed by atoms with Crippen LogP contribution < -0.4 is 9.80 Å². The van der Waals surface area contributed by atoms with Gasteiger partial charge in [-0.1, -0.05) is 45.9 Å². The van der Waals surface area contributed by atoms with Crippen molar-refractivity contribution in [3.8, 4) is 11.4 Å². The van der Waals surface area contributed by atoms with E-state index in [4.69, 9.17) is 14.7 Å². The van der Waals surface area contributed by atoms with Crippen LogP contribution in [-0.2, 0) is 17.7 Å². The van der Waals surface area contributed by atoms with Crippen molar-refractivity contribution in [2.75, 3.05) is 36.5 Å². The number of hydrogen-bond acceptors (Lipinski definition) is 6. The van der Waals surface area contributed by atoms with Gasteiger partial charge in [-0.05, 0) is 61.9 Å². The molecule has 0 radical (unpaired) electrons. The van der Waals surface area contributed by atoms with Gasteiger partial charge in [0.1, 0.15) is 5.82 Å². The maximum absolute atomic E-state index is 5.90. The van der Waals surface area contributed by atoms with Crippen LogP contribution in [0.15, 0.2) is 30.3 Å². The van der Waals surface area contributed by atoms with Crippen LogP contribution in [0.1, 0.15) is 73.7 Å². The van der Waals surface area contributed by atoms with Gasteiger partial charge < -0.3 is 14.5 Å². The van der Waals surface area contributed by atoms with Crippen molar-refractivity contribution in [3.63, 3.8) is 0 Å². The van der Waals surface area contributed by atoms with E-state index in [0.717, 1.165) is 72.8 Å². The minimum absolute atomic E-state index is 0.0125. The Morgan fingerprint density at radius 2 is 1.78 bits per heavy atom. The van der Waals surface area contributed by atoms with Crippen molar-refractivity contribution < 1.29 is 4.74 Å². The maximum atomic E-state index is 5.90. The van der Waals surface area contributed by atoms with E-state index in [1.807, 2.05) is 7.11 Å². The summed E-state index contributed by atoms with van der Waals surface area (Å²) in [5.74, 6) is 2.38. The molecule has 0 aliphatic carbocycles. The summed E-state index contributed by atoms with van der Waals surface area (Å²) in [4.78, 5) is 15.8. The van der Waals surface area contributed by atoms with Gasteiger partial charge in [-0.3, -0.25) is 5.10 Å². The van der Waals surface area contributed by atoms with Crippen molar-refractivity contribution in [1.29, 1.82) is 0 Å². The molecule has 2 aromatic heterocycles. The average Bonchev–Trinajstić information content (AvgIpc) is 3.32. The van der Waals surface area contributed by atoms with Gasteiger partial charge in [-0.15, -0.1) is 0 Å². The fraction of sp³-hybridized carbons (Fsp3) is 0.500. The highest BCUT2D eigenvalue weighted by Gasteiger charge is 2.38. The second-order valence-corrected chi connectivity index (χ2v) is 13.1. The summed E-state index contributed by atoms with van der Waals surface area (Å²) in [6.07, 6.45) is 2.10. The van der Waals surface area contributed by atoms with Gasteiger partial charge in [0.25, 0.3) is 0 Å². The number of benzene rings is 2. The Hall–Kier alpha value is -3.45. The molecule has 7 nitrogen and oxygen atoms in total. The van der Waals surface area contributed by atoms with Crippen molar-refractivity contribution in [1.82, 2.24) is 20.2 Å². The summed E-state index contributed by atoms with van der Waals surface area (Å²) < 4.78 is 5.90. The fourth-order valence-electron chi connectivity index (χ4n) is 6.92. The van der Waals surface area contributed by atoms with Gasteiger partial charge in [0, 0.05) is 67.3 Å². The number of aromatic amines is 1. The number of hydrogen-bond donors (Lipinski definition) is 1. The van der Waals surface area contributed by atoms with Crippen LogP contribution in [0.2, 0.25) is 0 Å². The smallest absolute Gasteiger partial charge is 0.162 e. The minimum Gasteiger partial charge on any atom is -0.381 e. The second-order valence-electron chi connectivity index (χ2n) is 13.1. The maximum Gasteiger partial charge on any atom is 0.162 e. The number of H-pyrrole nitrogens is 1. The minimum atomic E-state index is 0.0125. The quantitative estimate of drug-likeness (QED) is 0.291. The molecular formula is C34H44N6O. The van der Waals surface area contributed by atoms with Crippen molar-refractivity contribution >= 4 is 22.4 Å². The van der Waals surface area contributed by atoms with Crippen LogP contribution in [0, 0.1) is 26.2 Å². The summed E-state index contributed by atoms with van der Waals surface area (Å²) in [5.41, 5.74) is 10.7. The lowest BCUT2D eigenvalue weighted by Gasteiger charge is -2.45. The predicted octanol–water partition coefficient (Wildman–Crippen LogP) is 6.88. The number of nitrogens with zero attached hydrogens (tertiary/aromatic N) is 5. The number of piperidine rings is 1. The molecule has 1 saturated heterocycles. The van der Waals surface area contributed by atoms with Crippen LogP contribution in [-0.4, -0.2) is 53.0 Å².